The normalized spacial score (nSPS) is 19.0. The van der Waals surface area contributed by atoms with Crippen LogP contribution in [0.5, 0.6) is 5.75 Å². The molecule has 25 heavy (non-hydrogen) atoms. The number of benzene rings is 2. The number of nitrogens with zero attached hydrogens (tertiary/aromatic N) is 2. The Hall–Kier alpha value is -2.75. The number of fused-ring (bicyclic) bond motifs is 1. The molecule has 1 unspecified atom stereocenters. The lowest BCUT2D eigenvalue weighted by molar-refractivity contribution is 0.351. The molecule has 4 heteroatoms. The van der Waals surface area contributed by atoms with Crippen molar-refractivity contribution in [3.05, 3.63) is 60.3 Å². The van der Waals surface area contributed by atoms with Gasteiger partial charge in [0.05, 0.1) is 12.8 Å². The van der Waals surface area contributed by atoms with E-state index >= 15 is 0 Å². The molecule has 2 heterocycles. The van der Waals surface area contributed by atoms with Crippen molar-refractivity contribution in [3.63, 3.8) is 0 Å². The smallest absolute Gasteiger partial charge is 0.119 e. The van der Waals surface area contributed by atoms with Crippen LogP contribution in [0.2, 0.25) is 0 Å². The molecule has 1 N–H and O–H groups in total. The number of hydrogen-bond donors (Lipinski definition) is 1. The summed E-state index contributed by atoms with van der Waals surface area (Å²) in [5.41, 5.74) is 3.50. The van der Waals surface area contributed by atoms with E-state index < -0.39 is 0 Å². The average Bonchev–Trinajstić information content (AvgIpc) is 3.21. The van der Waals surface area contributed by atoms with Gasteiger partial charge in [-0.05, 0) is 49.2 Å². The lowest BCUT2D eigenvalue weighted by atomic mass is 10.1. The number of aromatic nitrogens is 1. The van der Waals surface area contributed by atoms with Crippen LogP contribution in [0.4, 0.5) is 5.69 Å². The van der Waals surface area contributed by atoms with Crippen molar-refractivity contribution in [2.24, 2.45) is 4.99 Å². The Morgan fingerprint density at radius 2 is 1.96 bits per heavy atom. The zero-order valence-corrected chi connectivity index (χ0v) is 14.7. The number of aromatic amines is 1. The molecular weight excluding hydrogens is 310 g/mol. The minimum absolute atomic E-state index is 0.505. The summed E-state index contributed by atoms with van der Waals surface area (Å²) < 4.78 is 5.23. The Kier molecular flexibility index (Phi) is 4.18. The van der Waals surface area contributed by atoms with Crippen LogP contribution in [0.3, 0.4) is 0 Å². The third-order valence-corrected chi connectivity index (χ3v) is 5.00. The topological polar surface area (TPSA) is 40.6 Å². The maximum atomic E-state index is 5.23. The van der Waals surface area contributed by atoms with Gasteiger partial charge >= 0.3 is 0 Å². The first-order valence-corrected chi connectivity index (χ1v) is 8.78. The van der Waals surface area contributed by atoms with Crippen molar-refractivity contribution in [1.82, 2.24) is 9.88 Å². The Morgan fingerprint density at radius 1 is 1.16 bits per heavy atom. The van der Waals surface area contributed by atoms with E-state index in [9.17, 15) is 0 Å². The lowest BCUT2D eigenvalue weighted by Crippen LogP contribution is -2.30. The van der Waals surface area contributed by atoms with Gasteiger partial charge in [0.15, 0.2) is 0 Å². The molecule has 128 valence electrons. The van der Waals surface area contributed by atoms with Crippen LogP contribution < -0.4 is 4.74 Å². The summed E-state index contributed by atoms with van der Waals surface area (Å²) >= 11 is 0. The van der Waals surface area contributed by atoms with E-state index in [1.54, 1.807) is 7.11 Å². The highest BCUT2D eigenvalue weighted by atomic mass is 16.5. The molecule has 4 rings (SSSR count). The predicted molar refractivity (Wildman–Crippen MR) is 103 cm³/mol. The number of likely N-dealkylation sites (tertiary alicyclic amines) is 1. The number of amidine groups is 1. The second-order valence-electron chi connectivity index (χ2n) is 6.60. The molecule has 1 atom stereocenters. The van der Waals surface area contributed by atoms with Crippen LogP contribution in [-0.2, 0) is 6.54 Å². The predicted octanol–water partition coefficient (Wildman–Crippen LogP) is 4.89. The summed E-state index contributed by atoms with van der Waals surface area (Å²) in [4.78, 5) is 10.7. The van der Waals surface area contributed by atoms with Gasteiger partial charge in [-0.2, -0.15) is 0 Å². The Labute approximate surface area is 148 Å². The van der Waals surface area contributed by atoms with Gasteiger partial charge in [-0.1, -0.05) is 18.2 Å². The second-order valence-corrected chi connectivity index (χ2v) is 6.60. The molecule has 0 spiro atoms. The van der Waals surface area contributed by atoms with Crippen LogP contribution in [0.15, 0.2) is 59.7 Å². The monoisotopic (exact) mass is 333 g/mol. The Balaban J connectivity index is 1.61. The van der Waals surface area contributed by atoms with Crippen molar-refractivity contribution in [2.75, 3.05) is 7.11 Å². The first-order valence-electron chi connectivity index (χ1n) is 8.78. The van der Waals surface area contributed by atoms with E-state index in [-0.39, 0.29) is 0 Å². The molecule has 0 aliphatic carbocycles. The van der Waals surface area contributed by atoms with E-state index in [0.29, 0.717) is 6.04 Å². The molecule has 1 fully saturated rings. The van der Waals surface area contributed by atoms with E-state index in [2.05, 4.69) is 47.3 Å². The summed E-state index contributed by atoms with van der Waals surface area (Å²) in [6.07, 6.45) is 4.30. The van der Waals surface area contributed by atoms with E-state index in [1.165, 1.54) is 22.3 Å². The largest absolute Gasteiger partial charge is 0.497 e. The highest BCUT2D eigenvalue weighted by Crippen LogP contribution is 2.28. The fraction of sp³-hybridized carbons (Fsp3) is 0.286. The molecule has 1 saturated heterocycles. The molecule has 0 radical (unpaired) electrons. The van der Waals surface area contributed by atoms with Crippen LogP contribution in [0.1, 0.15) is 25.3 Å². The van der Waals surface area contributed by atoms with E-state index in [4.69, 9.17) is 9.73 Å². The summed E-state index contributed by atoms with van der Waals surface area (Å²) in [5, 5.41) is 1.30. The molecule has 0 saturated carbocycles. The average molecular weight is 333 g/mol. The number of H-pyrrole nitrogens is 1. The highest BCUT2D eigenvalue weighted by Gasteiger charge is 2.26. The number of para-hydroxylation sites is 1. The number of nitrogens with one attached hydrogen (secondary N) is 1. The lowest BCUT2D eigenvalue weighted by Gasteiger charge is -2.24. The summed E-state index contributed by atoms with van der Waals surface area (Å²) in [6.45, 7) is 3.17. The van der Waals surface area contributed by atoms with Gasteiger partial charge in [0.25, 0.3) is 0 Å². The Bertz CT molecular complexity index is 895. The molecular formula is C21H23N3O. The van der Waals surface area contributed by atoms with Gasteiger partial charge in [0.2, 0.25) is 0 Å². The molecule has 2 aromatic carbocycles. The minimum Gasteiger partial charge on any atom is -0.497 e. The SMILES string of the molecule is COc1ccc(N=C2CCC(C)N2Cc2c[nH]c3ccccc23)cc1. The van der Waals surface area contributed by atoms with Gasteiger partial charge < -0.3 is 14.6 Å². The first kappa shape index (κ1) is 15.8. The first-order chi connectivity index (χ1) is 12.2. The highest BCUT2D eigenvalue weighted by molar-refractivity contribution is 5.88. The third-order valence-electron chi connectivity index (χ3n) is 5.00. The molecule has 4 nitrogen and oxygen atoms in total. The van der Waals surface area contributed by atoms with Gasteiger partial charge in [0, 0.05) is 36.1 Å². The maximum Gasteiger partial charge on any atom is 0.119 e. The van der Waals surface area contributed by atoms with Gasteiger partial charge in [0.1, 0.15) is 11.6 Å². The molecule has 1 aliphatic rings. The van der Waals surface area contributed by atoms with E-state index in [1.807, 2.05) is 24.3 Å². The molecule has 1 aliphatic heterocycles. The zero-order valence-electron chi connectivity index (χ0n) is 14.7. The van der Waals surface area contributed by atoms with Crippen molar-refractivity contribution >= 4 is 22.4 Å². The second kappa shape index (κ2) is 6.63. The summed E-state index contributed by atoms with van der Waals surface area (Å²) in [6, 6.07) is 16.9. The molecule has 1 aromatic heterocycles. The van der Waals surface area contributed by atoms with Crippen LogP contribution in [0.25, 0.3) is 10.9 Å². The van der Waals surface area contributed by atoms with Crippen LogP contribution in [0, 0.1) is 0 Å². The van der Waals surface area contributed by atoms with Crippen molar-refractivity contribution in [3.8, 4) is 5.75 Å². The third kappa shape index (κ3) is 3.12. The molecule has 3 aromatic rings. The van der Waals surface area contributed by atoms with Gasteiger partial charge in [-0.3, -0.25) is 0 Å². The van der Waals surface area contributed by atoms with Crippen molar-refractivity contribution in [1.29, 1.82) is 0 Å². The number of ether oxygens (including phenoxy) is 1. The van der Waals surface area contributed by atoms with Gasteiger partial charge in [-0.15, -0.1) is 0 Å². The van der Waals surface area contributed by atoms with E-state index in [0.717, 1.165) is 30.8 Å². The van der Waals surface area contributed by atoms with Crippen LogP contribution in [-0.4, -0.2) is 28.9 Å². The van der Waals surface area contributed by atoms with Gasteiger partial charge in [-0.25, -0.2) is 4.99 Å². The number of aliphatic imine (C=N–C) groups is 1. The van der Waals surface area contributed by atoms with Crippen LogP contribution >= 0.6 is 0 Å². The summed E-state index contributed by atoms with van der Waals surface area (Å²) in [7, 11) is 1.68. The fourth-order valence-electron chi connectivity index (χ4n) is 3.51. The van der Waals surface area contributed by atoms with Crippen molar-refractivity contribution in [2.45, 2.75) is 32.4 Å². The quantitative estimate of drug-likeness (QED) is 0.738. The Morgan fingerprint density at radius 3 is 2.76 bits per heavy atom. The summed E-state index contributed by atoms with van der Waals surface area (Å²) in [5.74, 6) is 2.03. The number of hydrogen-bond acceptors (Lipinski definition) is 2. The molecule has 0 bridgehead atoms. The molecule has 0 amide bonds. The zero-order chi connectivity index (χ0) is 17.2. The standard InChI is InChI=1S/C21H23N3O/c1-15-7-12-21(23-17-8-10-18(25-2)11-9-17)24(15)14-16-13-22-20-6-4-3-5-19(16)20/h3-6,8-11,13,15,22H,7,12,14H2,1-2H3. The maximum absolute atomic E-state index is 5.23. The number of rotatable bonds is 4. The van der Waals surface area contributed by atoms with Crippen molar-refractivity contribution < 1.29 is 4.74 Å². The fourth-order valence-corrected chi connectivity index (χ4v) is 3.51. The minimum atomic E-state index is 0.505. The number of methoxy groups -OCH3 is 1.